The largest absolute Gasteiger partial charge is 0.465 e. The van der Waals surface area contributed by atoms with Crippen molar-refractivity contribution in [2.24, 2.45) is 0 Å². The van der Waals surface area contributed by atoms with Crippen molar-refractivity contribution in [3.8, 4) is 0 Å². The Labute approximate surface area is 101 Å². The standard InChI is InChI=1S/C11H10N2O3S/c1-16-10(15)6-3-4-7-8(5-6)12-11(17-2)13-9(7)14/h3-5H,1-2H3,(H,12,13,14). The molecule has 0 amide bonds. The predicted molar refractivity (Wildman–Crippen MR) is 65.5 cm³/mol. The summed E-state index contributed by atoms with van der Waals surface area (Å²) in [7, 11) is 1.31. The van der Waals surface area contributed by atoms with E-state index in [1.165, 1.54) is 18.9 Å². The van der Waals surface area contributed by atoms with Gasteiger partial charge in [-0.25, -0.2) is 9.78 Å². The van der Waals surface area contributed by atoms with Crippen molar-refractivity contribution in [3.05, 3.63) is 34.1 Å². The van der Waals surface area contributed by atoms with Gasteiger partial charge in [0.1, 0.15) is 0 Å². The van der Waals surface area contributed by atoms with Crippen LogP contribution in [0.15, 0.2) is 28.2 Å². The highest BCUT2D eigenvalue weighted by molar-refractivity contribution is 7.98. The summed E-state index contributed by atoms with van der Waals surface area (Å²) >= 11 is 1.33. The Kier molecular flexibility index (Phi) is 3.14. The van der Waals surface area contributed by atoms with Gasteiger partial charge >= 0.3 is 5.97 Å². The molecule has 1 N–H and O–H groups in total. The number of esters is 1. The van der Waals surface area contributed by atoms with Crippen LogP contribution in [0.25, 0.3) is 10.9 Å². The summed E-state index contributed by atoms with van der Waals surface area (Å²) in [6.45, 7) is 0. The quantitative estimate of drug-likeness (QED) is 0.496. The molecule has 0 radical (unpaired) electrons. The lowest BCUT2D eigenvalue weighted by Gasteiger charge is -2.02. The molecule has 0 saturated carbocycles. The minimum atomic E-state index is -0.445. The Morgan fingerprint density at radius 3 is 2.88 bits per heavy atom. The third-order valence-electron chi connectivity index (χ3n) is 2.30. The van der Waals surface area contributed by atoms with Crippen LogP contribution in [0.4, 0.5) is 0 Å². The van der Waals surface area contributed by atoms with Gasteiger partial charge in [-0.2, -0.15) is 0 Å². The lowest BCUT2D eigenvalue weighted by Crippen LogP contribution is -2.10. The molecular weight excluding hydrogens is 240 g/mol. The summed E-state index contributed by atoms with van der Waals surface area (Å²) in [5.74, 6) is -0.445. The van der Waals surface area contributed by atoms with Crippen molar-refractivity contribution in [2.75, 3.05) is 13.4 Å². The number of benzene rings is 1. The van der Waals surface area contributed by atoms with E-state index in [9.17, 15) is 9.59 Å². The van der Waals surface area contributed by atoms with Crippen molar-refractivity contribution in [1.29, 1.82) is 0 Å². The van der Waals surface area contributed by atoms with Gasteiger partial charge in [0.25, 0.3) is 5.56 Å². The van der Waals surface area contributed by atoms with Gasteiger partial charge in [0, 0.05) is 0 Å². The number of nitrogens with one attached hydrogen (secondary N) is 1. The number of thioether (sulfide) groups is 1. The summed E-state index contributed by atoms with van der Waals surface area (Å²) in [5, 5.41) is 0.972. The topological polar surface area (TPSA) is 72.1 Å². The molecule has 0 saturated heterocycles. The summed E-state index contributed by atoms with van der Waals surface area (Å²) in [4.78, 5) is 29.9. The fourth-order valence-corrected chi connectivity index (χ4v) is 1.84. The first kappa shape index (κ1) is 11.7. The first-order valence-corrected chi connectivity index (χ1v) is 6.04. The molecular formula is C11H10N2O3S. The average molecular weight is 250 g/mol. The molecule has 88 valence electrons. The van der Waals surface area contributed by atoms with Crippen LogP contribution in [0.3, 0.4) is 0 Å². The van der Waals surface area contributed by atoms with Crippen molar-refractivity contribution in [3.63, 3.8) is 0 Å². The Balaban J connectivity index is 2.67. The van der Waals surface area contributed by atoms with Crippen LogP contribution >= 0.6 is 11.8 Å². The van der Waals surface area contributed by atoms with E-state index in [4.69, 9.17) is 0 Å². The summed E-state index contributed by atoms with van der Waals surface area (Å²) < 4.78 is 4.61. The van der Waals surface area contributed by atoms with Crippen LogP contribution in [-0.2, 0) is 4.74 Å². The van der Waals surface area contributed by atoms with Crippen LogP contribution < -0.4 is 5.56 Å². The number of hydrogen-bond acceptors (Lipinski definition) is 5. The van der Waals surface area contributed by atoms with Gasteiger partial charge in [0.05, 0.1) is 23.6 Å². The first-order valence-electron chi connectivity index (χ1n) is 4.82. The van der Waals surface area contributed by atoms with Crippen molar-refractivity contribution >= 4 is 28.6 Å². The Bertz CT molecular complexity index is 636. The molecule has 1 aromatic carbocycles. The van der Waals surface area contributed by atoms with Crippen molar-refractivity contribution < 1.29 is 9.53 Å². The second kappa shape index (κ2) is 4.58. The molecule has 0 fully saturated rings. The zero-order valence-electron chi connectivity index (χ0n) is 9.31. The molecule has 0 unspecified atom stereocenters. The Morgan fingerprint density at radius 1 is 1.47 bits per heavy atom. The van der Waals surface area contributed by atoms with Gasteiger partial charge in [-0.1, -0.05) is 11.8 Å². The molecule has 0 atom stereocenters. The highest BCUT2D eigenvalue weighted by Crippen LogP contribution is 2.14. The fraction of sp³-hybridized carbons (Fsp3) is 0.182. The first-order chi connectivity index (χ1) is 8.15. The zero-order chi connectivity index (χ0) is 12.4. The number of carbonyl (C=O) groups excluding carboxylic acids is 1. The van der Waals surface area contributed by atoms with Gasteiger partial charge < -0.3 is 9.72 Å². The van der Waals surface area contributed by atoms with Gasteiger partial charge in [0.15, 0.2) is 5.16 Å². The van der Waals surface area contributed by atoms with Crippen LogP contribution in [0.5, 0.6) is 0 Å². The fourth-order valence-electron chi connectivity index (χ4n) is 1.46. The van der Waals surface area contributed by atoms with Crippen molar-refractivity contribution in [1.82, 2.24) is 9.97 Å². The van der Waals surface area contributed by atoms with Crippen LogP contribution in [0, 0.1) is 0 Å². The summed E-state index contributed by atoms with van der Waals surface area (Å²) in [6.07, 6.45) is 1.81. The highest BCUT2D eigenvalue weighted by Gasteiger charge is 2.09. The lowest BCUT2D eigenvalue weighted by molar-refractivity contribution is 0.0601. The SMILES string of the molecule is COC(=O)c1ccc2c(=O)[nH]c(SC)nc2c1. The molecule has 1 heterocycles. The number of fused-ring (bicyclic) bond motifs is 1. The van der Waals surface area contributed by atoms with E-state index in [2.05, 4.69) is 14.7 Å². The van der Waals surface area contributed by atoms with Gasteiger partial charge in [-0.05, 0) is 24.5 Å². The van der Waals surface area contributed by atoms with E-state index < -0.39 is 5.97 Å². The Morgan fingerprint density at radius 2 is 2.24 bits per heavy atom. The van der Waals surface area contributed by atoms with E-state index >= 15 is 0 Å². The summed E-state index contributed by atoms with van der Waals surface area (Å²) in [6, 6.07) is 4.66. The molecule has 0 aliphatic heterocycles. The maximum atomic E-state index is 11.7. The van der Waals surface area contributed by atoms with E-state index in [-0.39, 0.29) is 5.56 Å². The number of rotatable bonds is 2. The minimum absolute atomic E-state index is 0.212. The van der Waals surface area contributed by atoms with Crippen LogP contribution in [-0.4, -0.2) is 29.3 Å². The molecule has 0 bridgehead atoms. The molecule has 2 rings (SSSR count). The molecule has 0 aliphatic carbocycles. The minimum Gasteiger partial charge on any atom is -0.465 e. The molecule has 5 nitrogen and oxygen atoms in total. The van der Waals surface area contributed by atoms with Crippen LogP contribution in [0.1, 0.15) is 10.4 Å². The van der Waals surface area contributed by atoms with Gasteiger partial charge in [-0.3, -0.25) is 4.79 Å². The highest BCUT2D eigenvalue weighted by atomic mass is 32.2. The third-order valence-corrected chi connectivity index (χ3v) is 2.88. The van der Waals surface area contributed by atoms with Gasteiger partial charge in [-0.15, -0.1) is 0 Å². The normalized spacial score (nSPS) is 10.5. The van der Waals surface area contributed by atoms with Gasteiger partial charge in [0.2, 0.25) is 0 Å². The number of aromatic nitrogens is 2. The third kappa shape index (κ3) is 2.16. The maximum Gasteiger partial charge on any atom is 0.337 e. The molecule has 2 aromatic rings. The monoisotopic (exact) mass is 250 g/mol. The van der Waals surface area contributed by atoms with E-state index in [0.717, 1.165) is 0 Å². The number of carbonyl (C=O) groups is 1. The average Bonchev–Trinajstić information content (AvgIpc) is 2.36. The van der Waals surface area contributed by atoms with Crippen LogP contribution in [0.2, 0.25) is 0 Å². The predicted octanol–water partition coefficient (Wildman–Crippen LogP) is 1.43. The number of nitrogens with zero attached hydrogens (tertiary/aromatic N) is 1. The molecule has 17 heavy (non-hydrogen) atoms. The van der Waals surface area contributed by atoms with E-state index in [0.29, 0.717) is 21.6 Å². The van der Waals surface area contributed by atoms with E-state index in [1.807, 2.05) is 6.26 Å². The number of H-pyrrole nitrogens is 1. The smallest absolute Gasteiger partial charge is 0.337 e. The number of ether oxygens (including phenoxy) is 1. The van der Waals surface area contributed by atoms with Crippen molar-refractivity contribution in [2.45, 2.75) is 5.16 Å². The second-order valence-electron chi connectivity index (χ2n) is 3.30. The second-order valence-corrected chi connectivity index (χ2v) is 4.09. The summed E-state index contributed by atoms with van der Waals surface area (Å²) in [5.41, 5.74) is 0.655. The zero-order valence-corrected chi connectivity index (χ0v) is 10.1. The lowest BCUT2D eigenvalue weighted by atomic mass is 10.1. The molecule has 0 aliphatic rings. The Hall–Kier alpha value is -1.82. The van der Waals surface area contributed by atoms with E-state index in [1.54, 1.807) is 18.2 Å². The molecule has 6 heteroatoms. The molecule has 0 spiro atoms. The molecule has 1 aromatic heterocycles. The number of aromatic amines is 1. The number of hydrogen-bond donors (Lipinski definition) is 1. The maximum absolute atomic E-state index is 11.7. The number of methoxy groups -OCH3 is 1.